The average Bonchev–Trinajstić information content (AvgIpc) is 3.02. The lowest BCUT2D eigenvalue weighted by atomic mass is 9.52. The highest BCUT2D eigenvalue weighted by molar-refractivity contribution is 7.80. The molecule has 0 aliphatic heterocycles. The Morgan fingerprint density at radius 1 is 1.10 bits per heavy atom. The van der Waals surface area contributed by atoms with Crippen LogP contribution in [0.15, 0.2) is 0 Å². The van der Waals surface area contributed by atoms with E-state index in [2.05, 4.69) is 17.3 Å². The van der Waals surface area contributed by atoms with Crippen LogP contribution in [0, 0.1) is 17.8 Å². The molecule has 5 aliphatic carbocycles. The van der Waals surface area contributed by atoms with Crippen molar-refractivity contribution in [1.29, 1.82) is 0 Å². The molecule has 0 saturated heterocycles. The first-order valence-electron chi connectivity index (χ1n) is 12.4. The maximum atomic E-state index is 13.0. The number of hydrogen-bond donors (Lipinski definition) is 1. The molecule has 0 amide bonds. The van der Waals surface area contributed by atoms with Gasteiger partial charge in [-0.05, 0) is 107 Å². The maximum Gasteiger partial charge on any atom is 0.341 e. The van der Waals surface area contributed by atoms with Crippen molar-refractivity contribution in [2.45, 2.75) is 89.5 Å². The molecule has 31 heavy (non-hydrogen) atoms. The SMILES string of the molecule is CCOC(=O)c1c(NC(=S)N(C)C23CC4CC(CC(C4)C2)C3)sc2c1CCCCCC2. The fraction of sp³-hybridized carbons (Fsp3) is 0.760. The number of fused-ring (bicyclic) bond motifs is 1. The Bertz CT molecular complexity index is 827. The normalized spacial score (nSPS) is 31.5. The zero-order chi connectivity index (χ0) is 21.6. The molecule has 4 nitrogen and oxygen atoms in total. The second-order valence-electron chi connectivity index (χ2n) is 10.5. The summed E-state index contributed by atoms with van der Waals surface area (Å²) >= 11 is 7.70. The van der Waals surface area contributed by atoms with E-state index in [-0.39, 0.29) is 11.5 Å². The van der Waals surface area contributed by atoms with Crippen molar-refractivity contribution in [3.05, 3.63) is 16.0 Å². The number of rotatable bonds is 4. The van der Waals surface area contributed by atoms with E-state index >= 15 is 0 Å². The molecule has 170 valence electrons. The Kier molecular flexibility index (Phi) is 6.06. The van der Waals surface area contributed by atoms with Crippen molar-refractivity contribution in [3.8, 4) is 0 Å². The second kappa shape index (κ2) is 8.66. The molecule has 1 aromatic rings. The number of carbonyl (C=O) groups excluding carboxylic acids is 1. The first-order valence-corrected chi connectivity index (χ1v) is 13.6. The largest absolute Gasteiger partial charge is 0.462 e. The standard InChI is InChI=1S/C25H36N2O2S2/c1-3-29-23(28)21-19-8-6-4-5-7-9-20(19)31-22(21)26-24(30)27(2)25-13-16-10-17(14-25)12-18(11-16)15-25/h16-18H,3-15H2,1-2H3,(H,26,30). The van der Waals surface area contributed by atoms with Crippen molar-refractivity contribution >= 4 is 39.6 Å². The minimum Gasteiger partial charge on any atom is -0.462 e. The molecule has 6 rings (SSSR count). The Morgan fingerprint density at radius 3 is 2.32 bits per heavy atom. The summed E-state index contributed by atoms with van der Waals surface area (Å²) in [6.07, 6.45) is 15.0. The summed E-state index contributed by atoms with van der Waals surface area (Å²) in [5.41, 5.74) is 2.19. The van der Waals surface area contributed by atoms with E-state index in [4.69, 9.17) is 17.0 Å². The van der Waals surface area contributed by atoms with Gasteiger partial charge in [0.05, 0.1) is 12.2 Å². The highest BCUT2D eigenvalue weighted by Gasteiger charge is 2.53. The number of hydrogen-bond acceptors (Lipinski definition) is 4. The summed E-state index contributed by atoms with van der Waals surface area (Å²) in [7, 11) is 2.19. The zero-order valence-corrected chi connectivity index (χ0v) is 20.6. The maximum absolute atomic E-state index is 13.0. The number of nitrogens with one attached hydrogen (secondary N) is 1. The highest BCUT2D eigenvalue weighted by Crippen LogP contribution is 2.57. The van der Waals surface area contributed by atoms with Crippen LogP contribution in [0.5, 0.6) is 0 Å². The fourth-order valence-corrected chi connectivity index (χ4v) is 8.94. The summed E-state index contributed by atoms with van der Waals surface area (Å²) in [6.45, 7) is 2.28. The van der Waals surface area contributed by atoms with E-state index in [9.17, 15) is 4.79 Å². The van der Waals surface area contributed by atoms with Gasteiger partial charge >= 0.3 is 5.97 Å². The van der Waals surface area contributed by atoms with E-state index in [1.54, 1.807) is 11.3 Å². The molecule has 4 fully saturated rings. The number of esters is 1. The Labute approximate surface area is 196 Å². The average molecular weight is 461 g/mol. The van der Waals surface area contributed by atoms with E-state index in [0.717, 1.165) is 52.7 Å². The van der Waals surface area contributed by atoms with Gasteiger partial charge in [-0.2, -0.15) is 0 Å². The van der Waals surface area contributed by atoms with E-state index in [1.165, 1.54) is 68.2 Å². The molecule has 4 saturated carbocycles. The van der Waals surface area contributed by atoms with Crippen LogP contribution in [0.2, 0.25) is 0 Å². The summed E-state index contributed by atoms with van der Waals surface area (Å²) in [6, 6.07) is 0. The third-order valence-corrected chi connectivity index (χ3v) is 9.98. The van der Waals surface area contributed by atoms with Crippen LogP contribution >= 0.6 is 23.6 Å². The van der Waals surface area contributed by atoms with Crippen molar-refractivity contribution in [1.82, 2.24) is 4.90 Å². The van der Waals surface area contributed by atoms with Crippen LogP contribution in [0.25, 0.3) is 0 Å². The summed E-state index contributed by atoms with van der Waals surface area (Å²) in [4.78, 5) is 16.7. The predicted molar refractivity (Wildman–Crippen MR) is 131 cm³/mol. The van der Waals surface area contributed by atoms with Gasteiger partial charge in [0.1, 0.15) is 5.00 Å². The molecule has 1 aromatic heterocycles. The van der Waals surface area contributed by atoms with Gasteiger partial charge in [0, 0.05) is 17.5 Å². The quantitative estimate of drug-likeness (QED) is 0.429. The molecule has 0 aromatic carbocycles. The van der Waals surface area contributed by atoms with Crippen LogP contribution in [-0.2, 0) is 17.6 Å². The minimum absolute atomic E-state index is 0.191. The molecule has 4 bridgehead atoms. The van der Waals surface area contributed by atoms with Crippen molar-refractivity contribution in [3.63, 3.8) is 0 Å². The third-order valence-electron chi connectivity index (χ3n) is 8.39. The van der Waals surface area contributed by atoms with Crippen LogP contribution in [-0.4, -0.2) is 35.2 Å². The molecule has 5 aliphatic rings. The van der Waals surface area contributed by atoms with Gasteiger partial charge in [-0.3, -0.25) is 0 Å². The van der Waals surface area contributed by atoms with Crippen molar-refractivity contribution in [2.75, 3.05) is 19.0 Å². The highest BCUT2D eigenvalue weighted by atomic mass is 32.1. The first-order chi connectivity index (χ1) is 15.0. The second-order valence-corrected chi connectivity index (χ2v) is 12.0. The number of ether oxygens (including phenoxy) is 1. The number of thiophene rings is 1. The van der Waals surface area contributed by atoms with Gasteiger partial charge in [0.15, 0.2) is 5.11 Å². The Morgan fingerprint density at radius 2 is 1.71 bits per heavy atom. The third kappa shape index (κ3) is 4.03. The molecule has 0 spiro atoms. The summed E-state index contributed by atoms with van der Waals surface area (Å²) in [5.74, 6) is 2.46. The molecule has 0 atom stereocenters. The minimum atomic E-state index is -0.191. The molecule has 0 radical (unpaired) electrons. The monoisotopic (exact) mass is 460 g/mol. The predicted octanol–water partition coefficient (Wildman–Crippen LogP) is 6.18. The fourth-order valence-electron chi connectivity index (χ4n) is 7.30. The molecular weight excluding hydrogens is 424 g/mol. The lowest BCUT2D eigenvalue weighted by Crippen LogP contribution is -2.60. The van der Waals surface area contributed by atoms with Crippen molar-refractivity contribution in [2.24, 2.45) is 17.8 Å². The number of aryl methyl sites for hydroxylation is 1. The summed E-state index contributed by atoms with van der Waals surface area (Å²) in [5, 5.41) is 5.24. The Hall–Kier alpha value is -1.14. The van der Waals surface area contributed by atoms with Crippen LogP contribution in [0.4, 0.5) is 5.00 Å². The van der Waals surface area contributed by atoms with Crippen LogP contribution in [0.3, 0.4) is 0 Å². The number of nitrogens with zero attached hydrogens (tertiary/aromatic N) is 1. The molecule has 1 heterocycles. The number of thiocarbonyl (C=S) groups is 1. The molecule has 1 N–H and O–H groups in total. The van der Waals surface area contributed by atoms with E-state index in [0.29, 0.717) is 6.61 Å². The lowest BCUT2D eigenvalue weighted by Gasteiger charge is -2.60. The molecule has 0 unspecified atom stereocenters. The molecule has 6 heteroatoms. The van der Waals surface area contributed by atoms with Crippen molar-refractivity contribution < 1.29 is 9.53 Å². The Balaban J connectivity index is 1.40. The van der Waals surface area contributed by atoms with Gasteiger partial charge in [-0.1, -0.05) is 12.8 Å². The van der Waals surface area contributed by atoms with Crippen LogP contribution in [0.1, 0.15) is 91.9 Å². The van der Waals surface area contributed by atoms with Gasteiger partial charge < -0.3 is 15.0 Å². The topological polar surface area (TPSA) is 41.6 Å². The number of anilines is 1. The van der Waals surface area contributed by atoms with Gasteiger partial charge in [0.25, 0.3) is 0 Å². The van der Waals surface area contributed by atoms with E-state index in [1.807, 2.05) is 6.92 Å². The first kappa shape index (κ1) is 21.7. The van der Waals surface area contributed by atoms with Crippen LogP contribution < -0.4 is 5.32 Å². The van der Waals surface area contributed by atoms with Gasteiger partial charge in [-0.15, -0.1) is 11.3 Å². The van der Waals surface area contributed by atoms with E-state index < -0.39 is 0 Å². The van der Waals surface area contributed by atoms with Gasteiger partial charge in [-0.25, -0.2) is 4.79 Å². The zero-order valence-electron chi connectivity index (χ0n) is 19.0. The smallest absolute Gasteiger partial charge is 0.341 e. The van der Waals surface area contributed by atoms with Gasteiger partial charge in [0.2, 0.25) is 0 Å². The summed E-state index contributed by atoms with van der Waals surface area (Å²) < 4.78 is 5.48. The number of carbonyl (C=O) groups is 1. The lowest BCUT2D eigenvalue weighted by molar-refractivity contribution is -0.0538. The molecular formula is C25H36N2O2S2.